The van der Waals surface area contributed by atoms with Gasteiger partial charge in [-0.25, -0.2) is 0 Å². The number of carbonyl (C=O) groups excluding carboxylic acids is 1. The van der Waals surface area contributed by atoms with Crippen molar-refractivity contribution in [2.75, 3.05) is 18.0 Å². The van der Waals surface area contributed by atoms with E-state index in [-0.39, 0.29) is 5.97 Å². The van der Waals surface area contributed by atoms with Crippen molar-refractivity contribution in [2.45, 2.75) is 45.4 Å². The van der Waals surface area contributed by atoms with Gasteiger partial charge in [-0.15, -0.1) is 0 Å². The first-order valence-electron chi connectivity index (χ1n) is 7.35. The second kappa shape index (κ2) is 7.17. The lowest BCUT2D eigenvalue weighted by Gasteiger charge is -2.22. The molecule has 0 aromatic heterocycles. The molecule has 3 nitrogen and oxygen atoms in total. The summed E-state index contributed by atoms with van der Waals surface area (Å²) in [5, 5.41) is 0. The van der Waals surface area contributed by atoms with Crippen LogP contribution in [0.2, 0.25) is 0 Å². The SMILES string of the molecule is CCCC(=O)Oc1ccc(N2CCCCCC2)cc1. The van der Waals surface area contributed by atoms with E-state index in [1.807, 2.05) is 19.1 Å². The minimum absolute atomic E-state index is 0.148. The quantitative estimate of drug-likeness (QED) is 0.610. The zero-order valence-electron chi connectivity index (χ0n) is 11.7. The average molecular weight is 261 g/mol. The Labute approximate surface area is 115 Å². The summed E-state index contributed by atoms with van der Waals surface area (Å²) in [6.45, 7) is 4.24. The van der Waals surface area contributed by atoms with E-state index in [4.69, 9.17) is 4.74 Å². The van der Waals surface area contributed by atoms with Crippen molar-refractivity contribution in [3.8, 4) is 5.75 Å². The Kier molecular flexibility index (Phi) is 5.25. The minimum Gasteiger partial charge on any atom is -0.427 e. The standard InChI is InChI=1S/C16H23NO2/c1-2-7-16(18)19-15-10-8-14(9-11-15)17-12-5-3-4-6-13-17/h8-11H,2-7,12-13H2,1H3. The molecule has 0 unspecified atom stereocenters. The molecule has 1 aromatic carbocycles. The topological polar surface area (TPSA) is 29.5 Å². The Morgan fingerprint density at radius 3 is 2.32 bits per heavy atom. The molecule has 1 aromatic rings. The zero-order chi connectivity index (χ0) is 13.5. The summed E-state index contributed by atoms with van der Waals surface area (Å²) < 4.78 is 5.26. The highest BCUT2D eigenvalue weighted by molar-refractivity contribution is 5.72. The van der Waals surface area contributed by atoms with Gasteiger partial charge in [0.25, 0.3) is 0 Å². The van der Waals surface area contributed by atoms with Gasteiger partial charge in [-0.05, 0) is 43.5 Å². The van der Waals surface area contributed by atoms with Crippen LogP contribution in [0.1, 0.15) is 45.4 Å². The summed E-state index contributed by atoms with van der Waals surface area (Å²) in [6.07, 6.45) is 6.52. The Balaban J connectivity index is 1.95. The predicted molar refractivity (Wildman–Crippen MR) is 77.7 cm³/mol. The fourth-order valence-corrected chi connectivity index (χ4v) is 2.44. The molecule has 0 saturated carbocycles. The number of hydrogen-bond donors (Lipinski definition) is 0. The number of nitrogens with zero attached hydrogens (tertiary/aromatic N) is 1. The van der Waals surface area contributed by atoms with E-state index < -0.39 is 0 Å². The van der Waals surface area contributed by atoms with Crippen molar-refractivity contribution in [3.05, 3.63) is 24.3 Å². The van der Waals surface area contributed by atoms with Crippen molar-refractivity contribution >= 4 is 11.7 Å². The fraction of sp³-hybridized carbons (Fsp3) is 0.562. The van der Waals surface area contributed by atoms with Gasteiger partial charge in [0.1, 0.15) is 5.75 Å². The summed E-state index contributed by atoms with van der Waals surface area (Å²) in [7, 11) is 0. The van der Waals surface area contributed by atoms with E-state index in [1.54, 1.807) is 0 Å². The molecule has 0 N–H and O–H groups in total. The van der Waals surface area contributed by atoms with E-state index in [1.165, 1.54) is 31.4 Å². The van der Waals surface area contributed by atoms with Crippen molar-refractivity contribution < 1.29 is 9.53 Å². The molecule has 1 fully saturated rings. The zero-order valence-corrected chi connectivity index (χ0v) is 11.7. The monoisotopic (exact) mass is 261 g/mol. The predicted octanol–water partition coefficient (Wildman–Crippen LogP) is 3.77. The molecule has 1 saturated heterocycles. The summed E-state index contributed by atoms with van der Waals surface area (Å²) in [5.74, 6) is 0.502. The lowest BCUT2D eigenvalue weighted by molar-refractivity contribution is -0.134. The van der Waals surface area contributed by atoms with Gasteiger partial charge >= 0.3 is 5.97 Å². The van der Waals surface area contributed by atoms with Crippen molar-refractivity contribution in [1.82, 2.24) is 0 Å². The number of rotatable bonds is 4. The molecular formula is C16H23NO2. The fourth-order valence-electron chi connectivity index (χ4n) is 2.44. The lowest BCUT2D eigenvalue weighted by atomic mass is 10.2. The lowest BCUT2D eigenvalue weighted by Crippen LogP contribution is -2.23. The highest BCUT2D eigenvalue weighted by Gasteiger charge is 2.10. The maximum absolute atomic E-state index is 11.4. The highest BCUT2D eigenvalue weighted by Crippen LogP contribution is 2.22. The average Bonchev–Trinajstić information content (AvgIpc) is 2.69. The molecule has 2 rings (SSSR count). The van der Waals surface area contributed by atoms with E-state index in [0.717, 1.165) is 19.5 Å². The molecule has 1 aliphatic rings. The van der Waals surface area contributed by atoms with Crippen LogP contribution in [-0.4, -0.2) is 19.1 Å². The van der Waals surface area contributed by atoms with Crippen LogP contribution < -0.4 is 9.64 Å². The van der Waals surface area contributed by atoms with Gasteiger partial charge < -0.3 is 9.64 Å². The summed E-state index contributed by atoms with van der Waals surface area (Å²) in [5.41, 5.74) is 1.23. The second-order valence-electron chi connectivity index (χ2n) is 5.12. The minimum atomic E-state index is -0.148. The van der Waals surface area contributed by atoms with Gasteiger partial charge in [0, 0.05) is 25.2 Å². The molecule has 3 heteroatoms. The number of benzene rings is 1. The number of esters is 1. The molecule has 1 heterocycles. The van der Waals surface area contributed by atoms with Gasteiger partial charge in [-0.3, -0.25) is 4.79 Å². The molecule has 1 aliphatic heterocycles. The maximum atomic E-state index is 11.4. The molecular weight excluding hydrogens is 238 g/mol. The molecule has 0 bridgehead atoms. The maximum Gasteiger partial charge on any atom is 0.311 e. The highest BCUT2D eigenvalue weighted by atomic mass is 16.5. The van der Waals surface area contributed by atoms with Crippen LogP contribution in [-0.2, 0) is 4.79 Å². The van der Waals surface area contributed by atoms with Crippen LogP contribution in [0.5, 0.6) is 5.75 Å². The van der Waals surface area contributed by atoms with Gasteiger partial charge in [0.2, 0.25) is 0 Å². The Morgan fingerprint density at radius 1 is 1.11 bits per heavy atom. The summed E-state index contributed by atoms with van der Waals surface area (Å²) in [6, 6.07) is 7.90. The normalized spacial score (nSPS) is 15.9. The first kappa shape index (κ1) is 13.9. The van der Waals surface area contributed by atoms with Crippen molar-refractivity contribution in [1.29, 1.82) is 0 Å². The second-order valence-corrected chi connectivity index (χ2v) is 5.12. The van der Waals surface area contributed by atoms with E-state index in [0.29, 0.717) is 12.2 Å². The van der Waals surface area contributed by atoms with Crippen LogP contribution in [0.4, 0.5) is 5.69 Å². The van der Waals surface area contributed by atoms with Crippen LogP contribution in [0.15, 0.2) is 24.3 Å². The van der Waals surface area contributed by atoms with Gasteiger partial charge in [-0.1, -0.05) is 19.8 Å². The Hall–Kier alpha value is -1.51. The first-order valence-corrected chi connectivity index (χ1v) is 7.35. The van der Waals surface area contributed by atoms with Crippen LogP contribution >= 0.6 is 0 Å². The third kappa shape index (κ3) is 4.27. The van der Waals surface area contributed by atoms with Crippen molar-refractivity contribution in [3.63, 3.8) is 0 Å². The smallest absolute Gasteiger partial charge is 0.311 e. The molecule has 0 radical (unpaired) electrons. The van der Waals surface area contributed by atoms with E-state index >= 15 is 0 Å². The third-order valence-corrected chi connectivity index (χ3v) is 3.49. The molecule has 0 atom stereocenters. The van der Waals surface area contributed by atoms with Gasteiger partial charge in [-0.2, -0.15) is 0 Å². The van der Waals surface area contributed by atoms with Gasteiger partial charge in [0.15, 0.2) is 0 Å². The van der Waals surface area contributed by atoms with Crippen LogP contribution in [0.25, 0.3) is 0 Å². The number of carbonyl (C=O) groups is 1. The van der Waals surface area contributed by atoms with Crippen LogP contribution in [0.3, 0.4) is 0 Å². The Morgan fingerprint density at radius 2 is 1.74 bits per heavy atom. The summed E-state index contributed by atoms with van der Waals surface area (Å²) in [4.78, 5) is 13.8. The largest absolute Gasteiger partial charge is 0.427 e. The molecule has 0 spiro atoms. The molecule has 0 amide bonds. The van der Waals surface area contributed by atoms with Crippen LogP contribution in [0, 0.1) is 0 Å². The Bertz CT molecular complexity index is 392. The molecule has 104 valence electrons. The van der Waals surface area contributed by atoms with Gasteiger partial charge in [0.05, 0.1) is 0 Å². The first-order chi connectivity index (χ1) is 9.29. The van der Waals surface area contributed by atoms with Crippen molar-refractivity contribution in [2.24, 2.45) is 0 Å². The number of hydrogen-bond acceptors (Lipinski definition) is 3. The van der Waals surface area contributed by atoms with E-state index in [2.05, 4.69) is 17.0 Å². The summed E-state index contributed by atoms with van der Waals surface area (Å²) >= 11 is 0. The molecule has 0 aliphatic carbocycles. The number of anilines is 1. The number of ether oxygens (including phenoxy) is 1. The molecule has 19 heavy (non-hydrogen) atoms. The third-order valence-electron chi connectivity index (χ3n) is 3.49. The van der Waals surface area contributed by atoms with E-state index in [9.17, 15) is 4.79 Å².